The van der Waals surface area contributed by atoms with Gasteiger partial charge in [-0.2, -0.15) is 5.10 Å². The minimum Gasteiger partial charge on any atom is -0.486 e. The lowest BCUT2D eigenvalue weighted by Crippen LogP contribution is -2.01. The van der Waals surface area contributed by atoms with Crippen LogP contribution in [-0.4, -0.2) is 11.2 Å². The van der Waals surface area contributed by atoms with Gasteiger partial charge in [0, 0.05) is 17.0 Å². The number of nitrogens with one attached hydrogen (secondary N) is 1. The fourth-order valence-electron chi connectivity index (χ4n) is 2.01. The predicted octanol–water partition coefficient (Wildman–Crippen LogP) is 4.17. The maximum absolute atomic E-state index is 14.1. The Hall–Kier alpha value is -3.07. The van der Waals surface area contributed by atoms with Gasteiger partial charge in [0.25, 0.3) is 0 Å². The number of hydrogen-bond donors (Lipinski definition) is 2. The Labute approximate surface area is 151 Å². The summed E-state index contributed by atoms with van der Waals surface area (Å²) in [6.45, 7) is -0.219. The zero-order chi connectivity index (χ0) is 18.5. The van der Waals surface area contributed by atoms with Crippen molar-refractivity contribution in [2.24, 2.45) is 5.10 Å². The van der Waals surface area contributed by atoms with Gasteiger partial charge >= 0.3 is 0 Å². The molecule has 5 nitrogen and oxygen atoms in total. The van der Waals surface area contributed by atoms with Gasteiger partial charge < -0.3 is 10.5 Å². The Bertz CT molecular complexity index is 946. The molecule has 9 heteroatoms. The van der Waals surface area contributed by atoms with Crippen LogP contribution in [0.4, 0.5) is 24.1 Å². The molecule has 1 aromatic heterocycles. The summed E-state index contributed by atoms with van der Waals surface area (Å²) in [6.07, 6.45) is 1.41. The molecule has 3 aromatic rings. The van der Waals surface area contributed by atoms with Crippen molar-refractivity contribution < 1.29 is 17.9 Å². The van der Waals surface area contributed by atoms with E-state index in [9.17, 15) is 13.2 Å². The van der Waals surface area contributed by atoms with Crippen molar-refractivity contribution in [3.63, 3.8) is 0 Å². The van der Waals surface area contributed by atoms with Gasteiger partial charge in [-0.25, -0.2) is 18.2 Å². The van der Waals surface area contributed by atoms with Gasteiger partial charge in [0.05, 0.1) is 6.21 Å². The van der Waals surface area contributed by atoms with E-state index >= 15 is 0 Å². The Morgan fingerprint density at radius 1 is 1.15 bits per heavy atom. The molecular weight excluding hydrogens is 365 g/mol. The van der Waals surface area contributed by atoms with Crippen LogP contribution in [0.3, 0.4) is 0 Å². The molecule has 0 aliphatic carbocycles. The fourth-order valence-corrected chi connectivity index (χ4v) is 2.56. The number of nitrogens with zero attached hydrogens (tertiary/aromatic N) is 2. The van der Waals surface area contributed by atoms with Crippen molar-refractivity contribution in [1.29, 1.82) is 0 Å². The molecule has 1 heterocycles. The van der Waals surface area contributed by atoms with Gasteiger partial charge in [-0.1, -0.05) is 0 Å². The minimum atomic E-state index is -0.747. The van der Waals surface area contributed by atoms with Crippen LogP contribution in [0.25, 0.3) is 0 Å². The molecule has 26 heavy (non-hydrogen) atoms. The number of benzene rings is 2. The van der Waals surface area contributed by atoms with E-state index in [1.165, 1.54) is 35.8 Å². The Morgan fingerprint density at radius 3 is 2.69 bits per heavy atom. The molecule has 3 rings (SSSR count). The summed E-state index contributed by atoms with van der Waals surface area (Å²) in [4.78, 5) is 3.96. The number of halogens is 3. The second-order valence-electron chi connectivity index (χ2n) is 5.16. The molecule has 0 unspecified atom stereocenters. The SMILES string of the molecule is Nc1csc(NN=Cc2ccc(OCc3ccc(F)cc3F)c(F)c2)n1. The van der Waals surface area contributed by atoms with Crippen molar-refractivity contribution in [2.45, 2.75) is 6.61 Å². The summed E-state index contributed by atoms with van der Waals surface area (Å²) in [6, 6.07) is 7.32. The molecule has 2 aromatic carbocycles. The molecule has 0 saturated carbocycles. The Balaban J connectivity index is 1.61. The smallest absolute Gasteiger partial charge is 0.205 e. The van der Waals surface area contributed by atoms with Crippen LogP contribution in [0.5, 0.6) is 5.75 Å². The van der Waals surface area contributed by atoms with Crippen LogP contribution in [0, 0.1) is 17.5 Å². The maximum Gasteiger partial charge on any atom is 0.205 e. The largest absolute Gasteiger partial charge is 0.486 e. The average Bonchev–Trinajstić information content (AvgIpc) is 3.01. The molecule has 0 amide bonds. The summed E-state index contributed by atoms with van der Waals surface area (Å²) < 4.78 is 45.8. The first kappa shape index (κ1) is 17.7. The summed E-state index contributed by atoms with van der Waals surface area (Å²) in [7, 11) is 0. The highest BCUT2D eigenvalue weighted by Crippen LogP contribution is 2.20. The fraction of sp³-hybridized carbons (Fsp3) is 0.0588. The zero-order valence-corrected chi connectivity index (χ0v) is 14.1. The van der Waals surface area contributed by atoms with Crippen LogP contribution < -0.4 is 15.9 Å². The van der Waals surface area contributed by atoms with Gasteiger partial charge in [0.15, 0.2) is 11.6 Å². The van der Waals surface area contributed by atoms with Crippen LogP contribution in [0.1, 0.15) is 11.1 Å². The van der Waals surface area contributed by atoms with Gasteiger partial charge in [-0.05, 0) is 35.9 Å². The number of nitrogens with two attached hydrogens (primary N) is 1. The second-order valence-corrected chi connectivity index (χ2v) is 6.02. The molecule has 0 aliphatic rings. The van der Waals surface area contributed by atoms with Gasteiger partial charge in [0.1, 0.15) is 24.1 Å². The zero-order valence-electron chi connectivity index (χ0n) is 13.2. The van der Waals surface area contributed by atoms with Gasteiger partial charge in [0.2, 0.25) is 5.13 Å². The lowest BCUT2D eigenvalue weighted by atomic mass is 10.2. The molecule has 3 N–H and O–H groups in total. The minimum absolute atomic E-state index is 0.0495. The van der Waals surface area contributed by atoms with E-state index in [1.807, 2.05) is 0 Å². The highest BCUT2D eigenvalue weighted by Gasteiger charge is 2.08. The molecule has 0 saturated heterocycles. The van der Waals surface area contributed by atoms with E-state index in [1.54, 1.807) is 11.4 Å². The normalized spacial score (nSPS) is 11.0. The second kappa shape index (κ2) is 7.87. The highest BCUT2D eigenvalue weighted by atomic mass is 32.1. The number of nitrogen functional groups attached to an aromatic ring is 1. The van der Waals surface area contributed by atoms with Crippen LogP contribution >= 0.6 is 11.3 Å². The molecular formula is C17H13F3N4OS. The van der Waals surface area contributed by atoms with Gasteiger partial charge in [-0.15, -0.1) is 11.3 Å². The summed E-state index contributed by atoms with van der Waals surface area (Å²) in [5.74, 6) is -1.72. The quantitative estimate of drug-likeness (QED) is 0.499. The predicted molar refractivity (Wildman–Crippen MR) is 94.8 cm³/mol. The number of hydrogen-bond acceptors (Lipinski definition) is 6. The maximum atomic E-state index is 14.1. The number of thiazole rings is 1. The summed E-state index contributed by atoms with van der Waals surface area (Å²) in [5.41, 5.74) is 8.78. The third-order valence-electron chi connectivity index (χ3n) is 3.25. The third kappa shape index (κ3) is 4.51. The first-order valence-electron chi connectivity index (χ1n) is 7.37. The van der Waals surface area contributed by atoms with E-state index in [0.717, 1.165) is 12.1 Å². The standard InChI is InChI=1S/C17H13F3N4OS/c18-12-3-2-11(13(19)6-12)8-25-15-4-1-10(5-14(15)20)7-22-24-17-23-16(21)9-26-17/h1-7,9H,8,21H2,(H,23,24). The van der Waals surface area contributed by atoms with Crippen LogP contribution in [0.2, 0.25) is 0 Å². The van der Waals surface area contributed by atoms with Crippen LogP contribution in [-0.2, 0) is 6.61 Å². The first-order valence-corrected chi connectivity index (χ1v) is 8.25. The number of ether oxygens (including phenoxy) is 1. The van der Waals surface area contributed by atoms with E-state index in [4.69, 9.17) is 10.5 Å². The van der Waals surface area contributed by atoms with Crippen molar-refractivity contribution in [3.05, 3.63) is 70.4 Å². The van der Waals surface area contributed by atoms with Crippen molar-refractivity contribution in [2.75, 3.05) is 11.2 Å². The van der Waals surface area contributed by atoms with E-state index in [2.05, 4.69) is 15.5 Å². The van der Waals surface area contributed by atoms with Crippen molar-refractivity contribution in [1.82, 2.24) is 4.98 Å². The first-order chi connectivity index (χ1) is 12.5. The van der Waals surface area contributed by atoms with E-state index in [-0.39, 0.29) is 17.9 Å². The average molecular weight is 378 g/mol. The van der Waals surface area contributed by atoms with E-state index in [0.29, 0.717) is 16.5 Å². The number of hydrazone groups is 1. The summed E-state index contributed by atoms with van der Waals surface area (Å²) >= 11 is 1.29. The van der Waals surface area contributed by atoms with Gasteiger partial charge in [-0.3, -0.25) is 5.43 Å². The Morgan fingerprint density at radius 2 is 2.00 bits per heavy atom. The van der Waals surface area contributed by atoms with Crippen LogP contribution in [0.15, 0.2) is 46.9 Å². The molecule has 0 fully saturated rings. The molecule has 0 spiro atoms. The topological polar surface area (TPSA) is 72.5 Å². The highest BCUT2D eigenvalue weighted by molar-refractivity contribution is 7.14. The molecule has 0 bridgehead atoms. The number of aromatic nitrogens is 1. The Kier molecular flexibility index (Phi) is 5.37. The molecule has 0 atom stereocenters. The van der Waals surface area contributed by atoms with Crippen molar-refractivity contribution in [3.8, 4) is 5.75 Å². The third-order valence-corrected chi connectivity index (χ3v) is 4.02. The number of anilines is 2. The molecule has 134 valence electrons. The monoisotopic (exact) mass is 378 g/mol. The van der Waals surface area contributed by atoms with E-state index < -0.39 is 17.5 Å². The molecule has 0 aliphatic heterocycles. The molecule has 0 radical (unpaired) electrons. The number of rotatable bonds is 6. The lowest BCUT2D eigenvalue weighted by molar-refractivity contribution is 0.284. The lowest BCUT2D eigenvalue weighted by Gasteiger charge is -2.08. The van der Waals surface area contributed by atoms with Crippen molar-refractivity contribution >= 4 is 28.5 Å². The summed E-state index contributed by atoms with van der Waals surface area (Å²) in [5, 5.41) is 6.11.